The molecule has 166 valence electrons. The second kappa shape index (κ2) is 9.51. The number of halogens is 1. The third-order valence-electron chi connectivity index (χ3n) is 6.08. The average molecular weight is 429 g/mol. The topological polar surface area (TPSA) is 60.2 Å². The third kappa shape index (κ3) is 5.25. The van der Waals surface area contributed by atoms with Crippen molar-refractivity contribution in [2.45, 2.75) is 13.3 Å². The standard InChI is InChI=1S/C23H29FN4O3/c1-18-2-7-21(31-18)23(30)28-12-10-25(11-13-28)9-8-22(29)27-16-14-26(15-17-27)20-5-3-19(24)4-6-20/h2-7H,8-17H2,1H3. The first kappa shape index (κ1) is 21.4. The number of furan rings is 1. The van der Waals surface area contributed by atoms with Crippen molar-refractivity contribution in [2.24, 2.45) is 0 Å². The molecule has 2 aliphatic rings. The number of benzene rings is 1. The summed E-state index contributed by atoms with van der Waals surface area (Å²) in [6.07, 6.45) is 0.488. The van der Waals surface area contributed by atoms with Gasteiger partial charge in [-0.25, -0.2) is 4.39 Å². The summed E-state index contributed by atoms with van der Waals surface area (Å²) in [5.74, 6) is 0.991. The van der Waals surface area contributed by atoms with Crippen LogP contribution in [-0.2, 0) is 4.79 Å². The van der Waals surface area contributed by atoms with Crippen molar-refractivity contribution in [3.05, 3.63) is 53.7 Å². The maximum Gasteiger partial charge on any atom is 0.289 e. The Morgan fingerprint density at radius 3 is 2.13 bits per heavy atom. The summed E-state index contributed by atoms with van der Waals surface area (Å²) in [6, 6.07) is 10.0. The van der Waals surface area contributed by atoms with Crippen LogP contribution in [0.1, 0.15) is 22.7 Å². The number of hydrogen-bond donors (Lipinski definition) is 0. The molecule has 1 aromatic carbocycles. The van der Waals surface area contributed by atoms with E-state index in [2.05, 4.69) is 9.80 Å². The Hall–Kier alpha value is -2.87. The smallest absolute Gasteiger partial charge is 0.289 e. The molecule has 1 aromatic heterocycles. The van der Waals surface area contributed by atoms with E-state index in [1.54, 1.807) is 24.3 Å². The molecule has 0 N–H and O–H groups in total. The minimum Gasteiger partial charge on any atom is -0.456 e. The zero-order valence-electron chi connectivity index (χ0n) is 17.9. The molecule has 31 heavy (non-hydrogen) atoms. The zero-order chi connectivity index (χ0) is 21.8. The molecule has 4 rings (SSSR count). The summed E-state index contributed by atoms with van der Waals surface area (Å²) in [5.41, 5.74) is 0.991. The van der Waals surface area contributed by atoms with Crippen LogP contribution in [0, 0.1) is 12.7 Å². The second-order valence-electron chi connectivity index (χ2n) is 8.14. The molecule has 7 nitrogen and oxygen atoms in total. The van der Waals surface area contributed by atoms with Gasteiger partial charge in [0.15, 0.2) is 5.76 Å². The molecular formula is C23H29FN4O3. The molecule has 0 spiro atoms. The molecule has 0 saturated carbocycles. The average Bonchev–Trinajstić information content (AvgIpc) is 3.24. The number of amides is 2. The lowest BCUT2D eigenvalue weighted by molar-refractivity contribution is -0.131. The Morgan fingerprint density at radius 2 is 1.52 bits per heavy atom. The van der Waals surface area contributed by atoms with Gasteiger partial charge in [0.2, 0.25) is 5.91 Å². The van der Waals surface area contributed by atoms with Gasteiger partial charge in [-0.15, -0.1) is 0 Å². The number of aryl methyl sites for hydroxylation is 1. The Morgan fingerprint density at radius 1 is 0.871 bits per heavy atom. The highest BCUT2D eigenvalue weighted by Gasteiger charge is 2.26. The number of carbonyl (C=O) groups excluding carboxylic acids is 2. The van der Waals surface area contributed by atoms with E-state index in [1.807, 2.05) is 16.7 Å². The van der Waals surface area contributed by atoms with Crippen LogP contribution >= 0.6 is 0 Å². The first-order valence-corrected chi connectivity index (χ1v) is 10.9. The third-order valence-corrected chi connectivity index (χ3v) is 6.08. The van der Waals surface area contributed by atoms with Crippen molar-refractivity contribution in [1.82, 2.24) is 14.7 Å². The summed E-state index contributed by atoms with van der Waals surface area (Å²) in [5, 5.41) is 0. The van der Waals surface area contributed by atoms with Crippen LogP contribution in [0.4, 0.5) is 10.1 Å². The van der Waals surface area contributed by atoms with E-state index >= 15 is 0 Å². The minimum atomic E-state index is -0.237. The normalized spacial score (nSPS) is 17.8. The van der Waals surface area contributed by atoms with Gasteiger partial charge in [-0.2, -0.15) is 0 Å². The molecule has 0 aliphatic carbocycles. The lowest BCUT2D eigenvalue weighted by Crippen LogP contribution is -2.51. The van der Waals surface area contributed by atoms with Crippen LogP contribution < -0.4 is 4.90 Å². The van der Waals surface area contributed by atoms with Crippen LogP contribution in [-0.4, -0.2) is 85.4 Å². The predicted molar refractivity (Wildman–Crippen MR) is 116 cm³/mol. The first-order valence-electron chi connectivity index (χ1n) is 10.9. The van der Waals surface area contributed by atoms with Gasteiger partial charge in [0, 0.05) is 71.0 Å². The van der Waals surface area contributed by atoms with Gasteiger partial charge < -0.3 is 19.1 Å². The Kier molecular flexibility index (Phi) is 6.56. The lowest BCUT2D eigenvalue weighted by Gasteiger charge is -2.37. The molecule has 3 heterocycles. The highest BCUT2D eigenvalue weighted by molar-refractivity contribution is 5.91. The largest absolute Gasteiger partial charge is 0.456 e. The van der Waals surface area contributed by atoms with Crippen molar-refractivity contribution in [3.63, 3.8) is 0 Å². The van der Waals surface area contributed by atoms with E-state index < -0.39 is 0 Å². The highest BCUT2D eigenvalue weighted by atomic mass is 19.1. The fraction of sp³-hybridized carbons (Fsp3) is 0.478. The van der Waals surface area contributed by atoms with Crippen LogP contribution in [0.2, 0.25) is 0 Å². The molecule has 2 amide bonds. The monoisotopic (exact) mass is 428 g/mol. The van der Waals surface area contributed by atoms with Crippen LogP contribution in [0.5, 0.6) is 0 Å². The van der Waals surface area contributed by atoms with Crippen molar-refractivity contribution in [2.75, 3.05) is 63.8 Å². The zero-order valence-corrected chi connectivity index (χ0v) is 17.9. The molecule has 2 aliphatic heterocycles. The van der Waals surface area contributed by atoms with Gasteiger partial charge in [0.05, 0.1) is 0 Å². The van der Waals surface area contributed by atoms with E-state index in [0.29, 0.717) is 44.9 Å². The van der Waals surface area contributed by atoms with E-state index in [4.69, 9.17) is 4.42 Å². The maximum atomic E-state index is 13.1. The van der Waals surface area contributed by atoms with E-state index in [9.17, 15) is 14.0 Å². The molecule has 0 atom stereocenters. The van der Waals surface area contributed by atoms with Gasteiger partial charge >= 0.3 is 0 Å². The van der Waals surface area contributed by atoms with Crippen LogP contribution in [0.3, 0.4) is 0 Å². The predicted octanol–water partition coefficient (Wildman–Crippen LogP) is 2.22. The summed E-state index contributed by atoms with van der Waals surface area (Å²) >= 11 is 0. The van der Waals surface area contributed by atoms with Gasteiger partial charge in [-0.05, 0) is 43.3 Å². The molecule has 0 bridgehead atoms. The number of nitrogens with zero attached hydrogens (tertiary/aromatic N) is 4. The number of hydrogen-bond acceptors (Lipinski definition) is 5. The summed E-state index contributed by atoms with van der Waals surface area (Å²) < 4.78 is 18.5. The summed E-state index contributed by atoms with van der Waals surface area (Å²) in [4.78, 5) is 33.3. The SMILES string of the molecule is Cc1ccc(C(=O)N2CCN(CCC(=O)N3CCN(c4ccc(F)cc4)CC3)CC2)o1. The Bertz CT molecular complexity index is 898. The van der Waals surface area contributed by atoms with Gasteiger partial charge in [-0.1, -0.05) is 0 Å². The van der Waals surface area contributed by atoms with E-state index in [-0.39, 0.29) is 17.6 Å². The van der Waals surface area contributed by atoms with Gasteiger partial charge in [0.1, 0.15) is 11.6 Å². The lowest BCUT2D eigenvalue weighted by atomic mass is 10.2. The quantitative estimate of drug-likeness (QED) is 0.731. The Labute approximate surface area is 182 Å². The molecule has 0 unspecified atom stereocenters. The van der Waals surface area contributed by atoms with Crippen molar-refractivity contribution in [1.29, 1.82) is 0 Å². The summed E-state index contributed by atoms with van der Waals surface area (Å²) in [6.45, 7) is 8.21. The molecule has 2 saturated heterocycles. The van der Waals surface area contributed by atoms with Crippen LogP contribution in [0.15, 0.2) is 40.8 Å². The molecule has 2 aromatic rings. The van der Waals surface area contributed by atoms with Crippen molar-refractivity contribution in [3.8, 4) is 0 Å². The first-order chi connectivity index (χ1) is 15.0. The Balaban J connectivity index is 1.17. The fourth-order valence-electron chi connectivity index (χ4n) is 4.16. The maximum absolute atomic E-state index is 13.1. The fourth-order valence-corrected chi connectivity index (χ4v) is 4.16. The van der Waals surface area contributed by atoms with E-state index in [1.165, 1.54) is 12.1 Å². The van der Waals surface area contributed by atoms with Crippen molar-refractivity contribution < 1.29 is 18.4 Å². The second-order valence-corrected chi connectivity index (χ2v) is 8.14. The molecule has 0 radical (unpaired) electrons. The van der Waals surface area contributed by atoms with Crippen LogP contribution in [0.25, 0.3) is 0 Å². The number of piperazine rings is 2. The summed E-state index contributed by atoms with van der Waals surface area (Å²) in [7, 11) is 0. The van der Waals surface area contributed by atoms with Crippen molar-refractivity contribution >= 4 is 17.5 Å². The van der Waals surface area contributed by atoms with E-state index in [0.717, 1.165) is 37.6 Å². The molecule has 2 fully saturated rings. The number of carbonyl (C=O) groups is 2. The molecule has 8 heteroatoms. The molecular weight excluding hydrogens is 399 g/mol. The van der Waals surface area contributed by atoms with Gasteiger partial charge in [-0.3, -0.25) is 14.5 Å². The highest BCUT2D eigenvalue weighted by Crippen LogP contribution is 2.17. The van der Waals surface area contributed by atoms with Gasteiger partial charge in [0.25, 0.3) is 5.91 Å². The number of anilines is 1. The minimum absolute atomic E-state index is 0.0668. The number of rotatable bonds is 5.